The second-order valence-corrected chi connectivity index (χ2v) is 18.5. The fourth-order valence-corrected chi connectivity index (χ4v) is 13.2. The van der Waals surface area contributed by atoms with Crippen LogP contribution in [0.1, 0.15) is 86.2 Å². The molecule has 0 radical (unpaired) electrons. The monoisotopic (exact) mass is 770 g/mol. The zero-order chi connectivity index (χ0) is 38.3. The first-order chi connectivity index (χ1) is 26.1. The molecule has 55 heavy (non-hydrogen) atoms. The number of halogens is 4. The van der Waals surface area contributed by atoms with E-state index in [9.17, 15) is 23.4 Å². The van der Waals surface area contributed by atoms with E-state index in [1.807, 2.05) is 0 Å². The van der Waals surface area contributed by atoms with Gasteiger partial charge in [-0.2, -0.15) is 13.2 Å². The minimum absolute atomic E-state index is 0.0428. The molecule has 0 amide bonds. The number of benzene rings is 2. The molecule has 4 aromatic rings. The Labute approximate surface area is 323 Å². The van der Waals surface area contributed by atoms with Gasteiger partial charge in [-0.15, -0.1) is 0 Å². The van der Waals surface area contributed by atoms with Crippen LogP contribution in [0.3, 0.4) is 0 Å². The third kappa shape index (κ3) is 4.82. The number of carbonyl (C=O) groups excluding carboxylic acids is 1. The van der Waals surface area contributed by atoms with Gasteiger partial charge in [-0.1, -0.05) is 61.9 Å². The van der Waals surface area contributed by atoms with Gasteiger partial charge in [-0.3, -0.25) is 9.69 Å². The molecule has 3 heterocycles. The summed E-state index contributed by atoms with van der Waals surface area (Å²) in [6, 6.07) is 14.6. The summed E-state index contributed by atoms with van der Waals surface area (Å²) in [6.07, 6.45) is 7.57. The summed E-state index contributed by atoms with van der Waals surface area (Å²) in [7, 11) is 0. The van der Waals surface area contributed by atoms with Crippen molar-refractivity contribution in [3.05, 3.63) is 106 Å². The maximum absolute atomic E-state index is 15.1. The first-order valence-electron chi connectivity index (χ1n) is 19.8. The highest BCUT2D eigenvalue weighted by atomic mass is 35.5. The number of furan rings is 1. The Morgan fingerprint density at radius 1 is 1.00 bits per heavy atom. The summed E-state index contributed by atoms with van der Waals surface area (Å²) in [6.45, 7) is 6.72. The van der Waals surface area contributed by atoms with Crippen LogP contribution in [0, 0.1) is 33.5 Å². The molecular formula is C45H46ClF3N2O4. The van der Waals surface area contributed by atoms with Crippen molar-refractivity contribution < 1.29 is 32.6 Å². The maximum Gasteiger partial charge on any atom is 0.416 e. The molecule has 7 aliphatic rings. The highest BCUT2D eigenvalue weighted by Gasteiger charge is 2.74. The number of aliphatic hydroxyl groups is 2. The number of ketones is 1. The lowest BCUT2D eigenvalue weighted by atomic mass is 9.32. The quantitative estimate of drug-likeness (QED) is 0.139. The molecule has 2 aromatic heterocycles. The number of Topliss-reactive ketones (excluding diaryl/α,β-unsaturated/α-hetero) is 1. The van der Waals surface area contributed by atoms with E-state index in [1.165, 1.54) is 28.8 Å². The molecule has 8 atom stereocenters. The Hall–Kier alpha value is -3.63. The molecule has 1 aliphatic heterocycles. The smallest absolute Gasteiger partial charge is 0.416 e. The van der Waals surface area contributed by atoms with Crippen molar-refractivity contribution in [2.45, 2.75) is 89.6 Å². The van der Waals surface area contributed by atoms with Crippen LogP contribution in [0.2, 0.25) is 5.02 Å². The number of aromatic nitrogens is 1. The first kappa shape index (κ1) is 35.8. The number of carbonyl (C=O) groups is 1. The highest BCUT2D eigenvalue weighted by Crippen LogP contribution is 2.78. The average molecular weight is 771 g/mol. The van der Waals surface area contributed by atoms with E-state index in [-0.39, 0.29) is 45.1 Å². The van der Waals surface area contributed by atoms with E-state index in [0.29, 0.717) is 31.4 Å². The minimum atomic E-state index is -4.57. The number of aromatic amines is 1. The third-order valence-corrected chi connectivity index (χ3v) is 16.1. The Morgan fingerprint density at radius 3 is 2.58 bits per heavy atom. The van der Waals surface area contributed by atoms with Crippen LogP contribution in [-0.2, 0) is 19.1 Å². The van der Waals surface area contributed by atoms with Crippen molar-refractivity contribution in [1.82, 2.24) is 9.88 Å². The number of hydrogen-bond donors (Lipinski definition) is 3. The van der Waals surface area contributed by atoms with Crippen LogP contribution in [0.5, 0.6) is 0 Å². The van der Waals surface area contributed by atoms with Crippen molar-refractivity contribution in [2.24, 2.45) is 33.5 Å². The lowest BCUT2D eigenvalue weighted by Crippen LogP contribution is -2.67. The van der Waals surface area contributed by atoms with Gasteiger partial charge in [-0.25, -0.2) is 0 Å². The fourth-order valence-electron chi connectivity index (χ4n) is 13.0. The minimum Gasteiger partial charge on any atom is -0.453 e. The molecule has 8 unspecified atom stereocenters. The van der Waals surface area contributed by atoms with Crippen LogP contribution in [-0.4, -0.2) is 50.7 Å². The average Bonchev–Trinajstić information content (AvgIpc) is 3.85. The summed E-state index contributed by atoms with van der Waals surface area (Å²) >= 11 is 6.40. The van der Waals surface area contributed by atoms with E-state index in [0.717, 1.165) is 62.8 Å². The Kier molecular flexibility index (Phi) is 7.62. The number of allylic oxidation sites excluding steroid dienone is 4. The molecular weight excluding hydrogens is 725 g/mol. The van der Waals surface area contributed by atoms with Crippen LogP contribution < -0.4 is 0 Å². The number of nitrogens with zero attached hydrogens (tertiary/aromatic N) is 1. The zero-order valence-corrected chi connectivity index (χ0v) is 31.9. The normalized spacial score (nSPS) is 36.7. The summed E-state index contributed by atoms with van der Waals surface area (Å²) in [4.78, 5) is 21.1. The predicted molar refractivity (Wildman–Crippen MR) is 204 cm³/mol. The number of rotatable bonds is 5. The van der Waals surface area contributed by atoms with E-state index >= 15 is 4.79 Å². The van der Waals surface area contributed by atoms with Crippen LogP contribution in [0.4, 0.5) is 13.2 Å². The molecule has 3 saturated carbocycles. The van der Waals surface area contributed by atoms with Crippen molar-refractivity contribution >= 4 is 28.3 Å². The summed E-state index contributed by atoms with van der Waals surface area (Å²) in [5, 5.41) is 25.4. The number of β-amino-alcohol motifs (C(OH)–C–C–N with tert-alkyl or cyclic N) is 1. The van der Waals surface area contributed by atoms with Gasteiger partial charge in [0.15, 0.2) is 5.76 Å². The van der Waals surface area contributed by atoms with Crippen LogP contribution >= 0.6 is 11.6 Å². The molecule has 0 saturated heterocycles. The highest BCUT2D eigenvalue weighted by molar-refractivity contribution is 6.33. The van der Waals surface area contributed by atoms with Gasteiger partial charge in [0.25, 0.3) is 0 Å². The van der Waals surface area contributed by atoms with Crippen LogP contribution in [0.15, 0.2) is 82.8 Å². The molecule has 2 aromatic carbocycles. The molecule has 10 heteroatoms. The zero-order valence-electron chi connectivity index (χ0n) is 31.1. The first-order valence-corrected chi connectivity index (χ1v) is 20.2. The van der Waals surface area contributed by atoms with Crippen molar-refractivity contribution in [2.75, 3.05) is 13.1 Å². The Morgan fingerprint density at radius 2 is 1.76 bits per heavy atom. The SMILES string of the molecule is CC12CCC(O)CC13C=CC1(C(C(=O)c4ccc(-c5cc(C(F)(F)F)ccc5Cl)o4)=C3)C2CCC2(C)C1CCC2(O)CN1CCc2c([nH]c3ccccc23)C1. The molecule has 3 N–H and O–H groups in total. The van der Waals surface area contributed by atoms with E-state index in [1.54, 1.807) is 6.07 Å². The van der Waals surface area contributed by atoms with Crippen molar-refractivity contribution in [3.63, 3.8) is 0 Å². The van der Waals surface area contributed by atoms with Gasteiger partial charge in [0.05, 0.1) is 22.3 Å². The predicted octanol–water partition coefficient (Wildman–Crippen LogP) is 9.93. The molecule has 6 aliphatic carbocycles. The molecule has 6 nitrogen and oxygen atoms in total. The van der Waals surface area contributed by atoms with Gasteiger partial charge in [0, 0.05) is 63.6 Å². The molecule has 288 valence electrons. The maximum atomic E-state index is 15.1. The number of alkyl halides is 3. The van der Waals surface area contributed by atoms with Gasteiger partial charge >= 0.3 is 6.18 Å². The van der Waals surface area contributed by atoms with Crippen molar-refractivity contribution in [3.8, 4) is 11.3 Å². The summed E-state index contributed by atoms with van der Waals surface area (Å²) in [5.74, 6) is -0.116. The molecule has 2 spiro atoms. The van der Waals surface area contributed by atoms with E-state index in [4.69, 9.17) is 16.0 Å². The number of aliphatic hydroxyl groups excluding tert-OH is 1. The lowest BCUT2D eigenvalue weighted by Gasteiger charge is -2.71. The van der Waals surface area contributed by atoms with E-state index in [2.05, 4.69) is 66.2 Å². The summed E-state index contributed by atoms with van der Waals surface area (Å²) < 4.78 is 47.2. The van der Waals surface area contributed by atoms with Gasteiger partial charge < -0.3 is 19.6 Å². The number of para-hydroxylation sites is 1. The third-order valence-electron chi connectivity index (χ3n) is 15.8. The summed E-state index contributed by atoms with van der Waals surface area (Å²) in [5.41, 5.74) is 0.635. The number of nitrogens with one attached hydrogen (secondary N) is 1. The molecule has 11 rings (SSSR count). The number of hydrogen-bond acceptors (Lipinski definition) is 5. The number of H-pyrrole nitrogens is 1. The largest absolute Gasteiger partial charge is 0.453 e. The standard InChI is InChI=1S/C45H46ClF3N2O4/c1-40-15-11-27(52)22-42(40)18-19-44(31(23-42)39(53)36-10-9-35(55-36)30-21-26(45(47,48)49)7-8-32(30)46)37(40)12-16-41(2)38(44)13-17-43(41,54)25-51-20-14-29-28-5-3-4-6-33(28)50-34(29)24-51/h3-10,18-19,21,23,27,37-38,50,52,54H,11-17,20,22,24-25H2,1-2H3. The van der Waals surface area contributed by atoms with Crippen LogP contribution in [0.25, 0.3) is 22.2 Å². The second kappa shape index (κ2) is 11.7. The Bertz CT molecular complexity index is 2330. The number of fused-ring (bicyclic) bond motifs is 4. The molecule has 3 fully saturated rings. The Balaban J connectivity index is 1.02. The van der Waals surface area contributed by atoms with Crippen molar-refractivity contribution in [1.29, 1.82) is 0 Å². The van der Waals surface area contributed by atoms with E-state index < -0.39 is 39.7 Å². The lowest BCUT2D eigenvalue weighted by molar-refractivity contribution is -0.176. The fraction of sp³-hybridized carbons (Fsp3) is 0.489. The second-order valence-electron chi connectivity index (χ2n) is 18.1. The molecule has 2 bridgehead atoms. The van der Waals surface area contributed by atoms with Gasteiger partial charge in [0.1, 0.15) is 5.76 Å². The van der Waals surface area contributed by atoms with Gasteiger partial charge in [0.2, 0.25) is 5.78 Å². The van der Waals surface area contributed by atoms with Gasteiger partial charge in [-0.05, 0) is 111 Å². The topological polar surface area (TPSA) is 89.7 Å².